The Morgan fingerprint density at radius 2 is 1.38 bits per heavy atom. The summed E-state index contributed by atoms with van der Waals surface area (Å²) in [6.45, 7) is 1.97. The molecular weight excluding hydrogens is 334 g/mol. The molecular formula is C19H17N3O4. The lowest BCUT2D eigenvalue weighted by molar-refractivity contribution is -0.142. The number of para-hydroxylation sites is 2. The van der Waals surface area contributed by atoms with E-state index in [1.165, 1.54) is 12.1 Å². The van der Waals surface area contributed by atoms with Gasteiger partial charge in [-0.1, -0.05) is 24.3 Å². The Labute approximate surface area is 150 Å². The molecule has 0 amide bonds. The summed E-state index contributed by atoms with van der Waals surface area (Å²) in [5.41, 5.74) is 0.799. The first-order valence-electron chi connectivity index (χ1n) is 8.05. The monoisotopic (exact) mass is 351 g/mol. The second-order valence-electron chi connectivity index (χ2n) is 5.41. The Bertz CT molecular complexity index is 880. The molecule has 132 valence electrons. The van der Waals surface area contributed by atoms with Gasteiger partial charge in [0, 0.05) is 0 Å². The van der Waals surface area contributed by atoms with Gasteiger partial charge in [0.2, 0.25) is 0 Å². The Balaban J connectivity index is 2.12. The number of phenolic OH excluding ortho intramolecular Hbond substituents is 2. The van der Waals surface area contributed by atoms with Gasteiger partial charge in [-0.05, 0) is 31.2 Å². The SMILES string of the molecule is CCOC(=O)Cc1nc(-c2ccccc2O)nc(-c2ccccc2O)n1. The van der Waals surface area contributed by atoms with Crippen LogP contribution in [0.2, 0.25) is 0 Å². The number of ether oxygens (including phenoxy) is 1. The number of rotatable bonds is 5. The molecule has 7 nitrogen and oxygen atoms in total. The zero-order valence-electron chi connectivity index (χ0n) is 14.1. The summed E-state index contributed by atoms with van der Waals surface area (Å²) in [6.07, 6.45) is -0.141. The molecule has 0 aliphatic heterocycles. The number of carbonyl (C=O) groups excluding carboxylic acids is 1. The zero-order valence-corrected chi connectivity index (χ0v) is 14.1. The minimum Gasteiger partial charge on any atom is -0.507 e. The molecule has 0 bridgehead atoms. The predicted molar refractivity (Wildman–Crippen MR) is 94.4 cm³/mol. The molecule has 0 saturated heterocycles. The van der Waals surface area contributed by atoms with Gasteiger partial charge in [0.05, 0.1) is 17.7 Å². The first kappa shape index (κ1) is 17.3. The van der Waals surface area contributed by atoms with Crippen LogP contribution in [0.15, 0.2) is 48.5 Å². The Hall–Kier alpha value is -3.48. The van der Waals surface area contributed by atoms with Gasteiger partial charge in [-0.3, -0.25) is 4.79 Å². The van der Waals surface area contributed by atoms with Crippen LogP contribution in [0, 0.1) is 0 Å². The van der Waals surface area contributed by atoms with Crippen molar-refractivity contribution >= 4 is 5.97 Å². The molecule has 2 N–H and O–H groups in total. The van der Waals surface area contributed by atoms with E-state index in [1.807, 2.05) is 0 Å². The number of esters is 1. The highest BCUT2D eigenvalue weighted by atomic mass is 16.5. The van der Waals surface area contributed by atoms with Crippen molar-refractivity contribution in [1.82, 2.24) is 15.0 Å². The van der Waals surface area contributed by atoms with Crippen molar-refractivity contribution in [3.8, 4) is 34.3 Å². The molecule has 26 heavy (non-hydrogen) atoms. The molecule has 1 heterocycles. The molecule has 0 spiro atoms. The fraction of sp³-hybridized carbons (Fsp3) is 0.158. The number of aromatic hydroxyl groups is 2. The molecule has 1 aromatic heterocycles. The van der Waals surface area contributed by atoms with E-state index in [2.05, 4.69) is 15.0 Å². The summed E-state index contributed by atoms with van der Waals surface area (Å²) >= 11 is 0. The van der Waals surface area contributed by atoms with E-state index in [0.29, 0.717) is 11.1 Å². The number of carbonyl (C=O) groups is 1. The fourth-order valence-corrected chi connectivity index (χ4v) is 2.41. The van der Waals surface area contributed by atoms with Crippen molar-refractivity contribution in [3.63, 3.8) is 0 Å². The summed E-state index contributed by atoms with van der Waals surface area (Å²) in [6, 6.07) is 13.2. The number of aromatic nitrogens is 3. The number of benzene rings is 2. The summed E-state index contributed by atoms with van der Waals surface area (Å²) in [4.78, 5) is 24.7. The number of nitrogens with zero attached hydrogens (tertiary/aromatic N) is 3. The molecule has 0 fully saturated rings. The molecule has 0 atom stereocenters. The van der Waals surface area contributed by atoms with Gasteiger partial charge in [0.15, 0.2) is 11.6 Å². The third kappa shape index (κ3) is 3.77. The van der Waals surface area contributed by atoms with E-state index < -0.39 is 5.97 Å². The lowest BCUT2D eigenvalue weighted by Crippen LogP contribution is -2.12. The van der Waals surface area contributed by atoms with Gasteiger partial charge in [0.1, 0.15) is 23.7 Å². The normalized spacial score (nSPS) is 10.5. The van der Waals surface area contributed by atoms with Crippen LogP contribution in [0.3, 0.4) is 0 Å². The quantitative estimate of drug-likeness (QED) is 0.681. The van der Waals surface area contributed by atoms with Crippen LogP contribution >= 0.6 is 0 Å². The van der Waals surface area contributed by atoms with Gasteiger partial charge < -0.3 is 14.9 Å². The van der Waals surface area contributed by atoms with Gasteiger partial charge in [-0.15, -0.1) is 0 Å². The van der Waals surface area contributed by atoms with Crippen molar-refractivity contribution in [2.24, 2.45) is 0 Å². The molecule has 0 radical (unpaired) electrons. The molecule has 3 rings (SSSR count). The van der Waals surface area contributed by atoms with Crippen LogP contribution in [0.25, 0.3) is 22.8 Å². The highest BCUT2D eigenvalue weighted by Gasteiger charge is 2.16. The van der Waals surface area contributed by atoms with Gasteiger partial charge >= 0.3 is 5.97 Å². The third-order valence-corrected chi connectivity index (χ3v) is 3.58. The number of hydrogen-bond acceptors (Lipinski definition) is 7. The summed E-state index contributed by atoms with van der Waals surface area (Å²) in [7, 11) is 0. The average molecular weight is 351 g/mol. The number of phenols is 2. The van der Waals surface area contributed by atoms with E-state index in [0.717, 1.165) is 0 Å². The maximum absolute atomic E-state index is 11.8. The lowest BCUT2D eigenvalue weighted by atomic mass is 10.1. The van der Waals surface area contributed by atoms with Crippen LogP contribution in [0.1, 0.15) is 12.7 Å². The molecule has 0 aliphatic carbocycles. The highest BCUT2D eigenvalue weighted by molar-refractivity contribution is 5.73. The maximum atomic E-state index is 11.8. The first-order valence-corrected chi connectivity index (χ1v) is 8.05. The third-order valence-electron chi connectivity index (χ3n) is 3.58. The van der Waals surface area contributed by atoms with E-state index >= 15 is 0 Å². The van der Waals surface area contributed by atoms with Crippen LogP contribution in [0.4, 0.5) is 0 Å². The van der Waals surface area contributed by atoms with Crippen molar-refractivity contribution in [2.75, 3.05) is 6.61 Å². The van der Waals surface area contributed by atoms with Gasteiger partial charge in [0.25, 0.3) is 0 Å². The lowest BCUT2D eigenvalue weighted by Gasteiger charge is -2.09. The maximum Gasteiger partial charge on any atom is 0.313 e. The minimum absolute atomic E-state index is 0.00372. The standard InChI is InChI=1S/C19H17N3O4/c1-2-26-17(25)11-16-20-18(12-7-3-5-9-14(12)23)22-19(21-16)13-8-4-6-10-15(13)24/h3-10,23-24H,2,11H2,1H3. The van der Waals surface area contributed by atoms with E-state index in [4.69, 9.17) is 4.74 Å². The first-order chi connectivity index (χ1) is 12.6. The zero-order chi connectivity index (χ0) is 18.5. The number of hydrogen-bond donors (Lipinski definition) is 2. The largest absolute Gasteiger partial charge is 0.507 e. The summed E-state index contributed by atoms with van der Waals surface area (Å²) < 4.78 is 4.95. The predicted octanol–water partition coefficient (Wildman–Crippen LogP) is 2.72. The topological polar surface area (TPSA) is 105 Å². The van der Waals surface area contributed by atoms with Crippen molar-refractivity contribution in [3.05, 3.63) is 54.4 Å². The molecule has 7 heteroatoms. The fourth-order valence-electron chi connectivity index (χ4n) is 2.41. The van der Waals surface area contributed by atoms with E-state index in [9.17, 15) is 15.0 Å². The average Bonchev–Trinajstić information content (AvgIpc) is 2.62. The second-order valence-corrected chi connectivity index (χ2v) is 5.41. The van der Waals surface area contributed by atoms with E-state index in [-0.39, 0.29) is 42.0 Å². The second kappa shape index (κ2) is 7.60. The summed E-state index contributed by atoms with van der Waals surface area (Å²) in [5.74, 6) is 0.138. The van der Waals surface area contributed by atoms with Crippen LogP contribution in [0.5, 0.6) is 11.5 Å². The summed E-state index contributed by atoms with van der Waals surface area (Å²) in [5, 5.41) is 20.2. The molecule has 0 unspecified atom stereocenters. The van der Waals surface area contributed by atoms with Crippen molar-refractivity contribution in [2.45, 2.75) is 13.3 Å². The smallest absolute Gasteiger partial charge is 0.313 e. The minimum atomic E-state index is -0.467. The van der Waals surface area contributed by atoms with Crippen LogP contribution in [-0.2, 0) is 16.0 Å². The molecule has 3 aromatic rings. The van der Waals surface area contributed by atoms with Gasteiger partial charge in [-0.2, -0.15) is 0 Å². The van der Waals surface area contributed by atoms with Crippen LogP contribution < -0.4 is 0 Å². The molecule has 0 aliphatic rings. The van der Waals surface area contributed by atoms with Gasteiger partial charge in [-0.25, -0.2) is 15.0 Å². The van der Waals surface area contributed by atoms with Crippen molar-refractivity contribution in [1.29, 1.82) is 0 Å². The molecule has 2 aromatic carbocycles. The Morgan fingerprint density at radius 1 is 0.885 bits per heavy atom. The van der Waals surface area contributed by atoms with Crippen LogP contribution in [-0.4, -0.2) is 37.7 Å². The Morgan fingerprint density at radius 3 is 1.85 bits per heavy atom. The van der Waals surface area contributed by atoms with E-state index in [1.54, 1.807) is 43.3 Å². The highest BCUT2D eigenvalue weighted by Crippen LogP contribution is 2.30. The Kier molecular flexibility index (Phi) is 5.07. The van der Waals surface area contributed by atoms with Crippen molar-refractivity contribution < 1.29 is 19.7 Å². The molecule has 0 saturated carbocycles.